The van der Waals surface area contributed by atoms with Crippen LogP contribution in [0.5, 0.6) is 0 Å². The molecule has 0 saturated heterocycles. The fraction of sp³-hybridized carbons (Fsp3) is 0.688. The van der Waals surface area contributed by atoms with Crippen molar-refractivity contribution in [3.63, 3.8) is 0 Å². The summed E-state index contributed by atoms with van der Waals surface area (Å²) in [7, 11) is 0. The first-order valence-electron chi connectivity index (χ1n) is 15.1. The SMILES string of the molecule is CCCC(=O)O[C@@]12CC(C)C34C=C(C)[C@H](OC(=O)c5c(CC)noc5CC)[C@@]3(O)[C@H](O)C(CO)=C[C@H](C4=O)[C@@H]1C2(C)C. The standard InChI is InChI=1S/C32H43NO9/c1-8-11-22(35)41-31-14-17(5)30-13-16(4)27(40-28(38)23-20(9-2)33-42-21(23)10-3)32(30,39)25(36)18(15-34)12-19(26(30)37)24(31)29(31,6)7/h12-13,17,19,24-25,27,34,36,39H,8-11,14-15H2,1-7H3/t17?,19-,24+,25+,27-,30?,31-,32-/m0/s1. The first-order valence-corrected chi connectivity index (χ1v) is 15.1. The van der Waals surface area contributed by atoms with Crippen molar-refractivity contribution in [3.05, 3.63) is 40.3 Å². The molecule has 1 heterocycles. The molecule has 42 heavy (non-hydrogen) atoms. The number of ether oxygens (including phenoxy) is 2. The van der Waals surface area contributed by atoms with Crippen LogP contribution in [0, 0.1) is 28.6 Å². The van der Waals surface area contributed by atoms with Crippen LogP contribution in [0.2, 0.25) is 0 Å². The summed E-state index contributed by atoms with van der Waals surface area (Å²) in [6.07, 6.45) is 1.95. The van der Waals surface area contributed by atoms with Crippen molar-refractivity contribution < 1.29 is 43.7 Å². The predicted octanol–water partition coefficient (Wildman–Crippen LogP) is 3.26. The molecule has 230 valence electrons. The Morgan fingerprint density at radius 2 is 1.88 bits per heavy atom. The topological polar surface area (TPSA) is 156 Å². The molecule has 4 aliphatic rings. The minimum Gasteiger partial charge on any atom is -0.458 e. The Labute approximate surface area is 246 Å². The van der Waals surface area contributed by atoms with E-state index in [9.17, 15) is 29.7 Å². The number of aliphatic hydroxyl groups excluding tert-OH is 2. The number of rotatable bonds is 8. The van der Waals surface area contributed by atoms with Gasteiger partial charge in [0.15, 0.2) is 23.2 Å². The third-order valence-electron chi connectivity index (χ3n) is 10.7. The summed E-state index contributed by atoms with van der Waals surface area (Å²) in [6, 6.07) is 0. The van der Waals surface area contributed by atoms with E-state index in [4.69, 9.17) is 14.0 Å². The van der Waals surface area contributed by atoms with Gasteiger partial charge in [-0.15, -0.1) is 0 Å². The molecule has 0 amide bonds. The lowest BCUT2D eigenvalue weighted by Gasteiger charge is -2.49. The molecule has 5 rings (SSSR count). The number of aromatic nitrogens is 1. The Morgan fingerprint density at radius 3 is 2.48 bits per heavy atom. The zero-order chi connectivity index (χ0) is 31.0. The maximum absolute atomic E-state index is 14.8. The van der Waals surface area contributed by atoms with Crippen LogP contribution in [0.25, 0.3) is 0 Å². The van der Waals surface area contributed by atoms with E-state index in [-0.39, 0.29) is 35.7 Å². The van der Waals surface area contributed by atoms with Gasteiger partial charge < -0.3 is 29.3 Å². The summed E-state index contributed by atoms with van der Waals surface area (Å²) in [4.78, 5) is 41.3. The van der Waals surface area contributed by atoms with Crippen molar-refractivity contribution in [1.82, 2.24) is 5.16 Å². The molecule has 0 aromatic carbocycles. The van der Waals surface area contributed by atoms with Crippen molar-refractivity contribution >= 4 is 17.7 Å². The summed E-state index contributed by atoms with van der Waals surface area (Å²) < 4.78 is 17.6. The summed E-state index contributed by atoms with van der Waals surface area (Å²) in [6.45, 7) is 12.3. The number of esters is 2. The lowest BCUT2D eigenvalue weighted by Crippen LogP contribution is -2.66. The Morgan fingerprint density at radius 1 is 1.19 bits per heavy atom. The average Bonchev–Trinajstić information content (AvgIpc) is 3.20. The van der Waals surface area contributed by atoms with Crippen LogP contribution in [0.15, 0.2) is 27.8 Å². The van der Waals surface area contributed by atoms with Gasteiger partial charge in [-0.2, -0.15) is 0 Å². The van der Waals surface area contributed by atoms with E-state index in [0.717, 1.165) is 0 Å². The molecule has 1 spiro atoms. The van der Waals surface area contributed by atoms with Gasteiger partial charge in [-0.05, 0) is 43.3 Å². The number of nitrogens with zero attached hydrogens (tertiary/aromatic N) is 1. The number of fused-ring (bicyclic) bond motifs is 3. The van der Waals surface area contributed by atoms with Crippen LogP contribution in [0.4, 0.5) is 0 Å². The number of ketones is 1. The largest absolute Gasteiger partial charge is 0.458 e. The van der Waals surface area contributed by atoms with Crippen molar-refractivity contribution in [2.24, 2.45) is 28.6 Å². The van der Waals surface area contributed by atoms with Gasteiger partial charge in [-0.3, -0.25) is 9.59 Å². The minimum atomic E-state index is -2.34. The first kappa shape index (κ1) is 30.6. The molecule has 2 fully saturated rings. The molecule has 4 aliphatic carbocycles. The average molecular weight is 586 g/mol. The summed E-state index contributed by atoms with van der Waals surface area (Å²) in [5, 5.41) is 39.0. The Balaban J connectivity index is 1.64. The lowest BCUT2D eigenvalue weighted by atomic mass is 9.59. The Hall–Kier alpha value is -2.82. The maximum Gasteiger partial charge on any atom is 0.344 e. The van der Waals surface area contributed by atoms with Crippen molar-refractivity contribution in [3.8, 4) is 0 Å². The van der Waals surface area contributed by atoms with Crippen molar-refractivity contribution in [1.29, 1.82) is 0 Å². The number of hydrogen-bond acceptors (Lipinski definition) is 10. The highest BCUT2D eigenvalue weighted by molar-refractivity contribution is 5.97. The van der Waals surface area contributed by atoms with Gasteiger partial charge in [0.2, 0.25) is 0 Å². The lowest BCUT2D eigenvalue weighted by molar-refractivity contribution is -0.192. The first-order chi connectivity index (χ1) is 19.7. The normalized spacial score (nSPS) is 38.0. The van der Waals surface area contributed by atoms with Crippen LogP contribution in [0.3, 0.4) is 0 Å². The van der Waals surface area contributed by atoms with E-state index in [2.05, 4.69) is 5.16 Å². The second kappa shape index (κ2) is 10.1. The van der Waals surface area contributed by atoms with Crippen LogP contribution < -0.4 is 0 Å². The number of allylic oxidation sites excluding steroid dienone is 1. The third kappa shape index (κ3) is 3.73. The maximum atomic E-state index is 14.8. The Bertz CT molecular complexity index is 1350. The van der Waals surface area contributed by atoms with E-state index < -0.39 is 64.6 Å². The van der Waals surface area contributed by atoms with Gasteiger partial charge in [-0.25, -0.2) is 4.79 Å². The minimum absolute atomic E-state index is 0.0564. The second-order valence-electron chi connectivity index (χ2n) is 13.1. The van der Waals surface area contributed by atoms with E-state index in [0.29, 0.717) is 36.3 Å². The fourth-order valence-electron chi connectivity index (χ4n) is 8.59. The Kier molecular flexibility index (Phi) is 7.39. The molecule has 2 bridgehead atoms. The molecule has 0 radical (unpaired) electrons. The van der Waals surface area contributed by atoms with Crippen molar-refractivity contribution in [2.75, 3.05) is 6.61 Å². The van der Waals surface area contributed by atoms with Gasteiger partial charge in [-0.1, -0.05) is 58.9 Å². The number of carbonyl (C=O) groups excluding carboxylic acids is 3. The molecule has 2 unspecified atom stereocenters. The predicted molar refractivity (Wildman–Crippen MR) is 150 cm³/mol. The summed E-state index contributed by atoms with van der Waals surface area (Å²) in [5.41, 5.74) is -4.53. The smallest absolute Gasteiger partial charge is 0.344 e. The highest BCUT2D eigenvalue weighted by atomic mass is 16.6. The number of Topliss-reactive ketones (excluding diaryl/α,β-unsaturated/α-hetero) is 1. The molecular formula is C32H43NO9. The molecule has 0 aliphatic heterocycles. The van der Waals surface area contributed by atoms with E-state index in [1.807, 2.05) is 34.6 Å². The highest BCUT2D eigenvalue weighted by Crippen LogP contribution is 2.75. The quantitative estimate of drug-likeness (QED) is 0.306. The molecule has 2 saturated carbocycles. The number of aliphatic hydroxyl groups is 3. The molecule has 10 heteroatoms. The van der Waals surface area contributed by atoms with E-state index >= 15 is 0 Å². The van der Waals surface area contributed by atoms with Gasteiger partial charge in [0.05, 0.1) is 17.7 Å². The number of aryl methyl sites for hydroxylation is 2. The molecule has 10 nitrogen and oxygen atoms in total. The van der Waals surface area contributed by atoms with Crippen LogP contribution >= 0.6 is 0 Å². The molecular weight excluding hydrogens is 542 g/mol. The van der Waals surface area contributed by atoms with Gasteiger partial charge in [0.25, 0.3) is 0 Å². The van der Waals surface area contributed by atoms with Crippen LogP contribution in [-0.2, 0) is 31.9 Å². The highest BCUT2D eigenvalue weighted by Gasteiger charge is 2.83. The zero-order valence-corrected chi connectivity index (χ0v) is 25.5. The number of hydrogen-bond donors (Lipinski definition) is 3. The third-order valence-corrected chi connectivity index (χ3v) is 10.7. The molecule has 1 aromatic rings. The van der Waals surface area contributed by atoms with E-state index in [1.54, 1.807) is 19.9 Å². The van der Waals surface area contributed by atoms with Gasteiger partial charge in [0, 0.05) is 30.1 Å². The fourth-order valence-corrected chi connectivity index (χ4v) is 8.59. The van der Waals surface area contributed by atoms with E-state index in [1.165, 1.54) is 6.08 Å². The monoisotopic (exact) mass is 585 g/mol. The number of carbonyl (C=O) groups is 3. The van der Waals surface area contributed by atoms with Gasteiger partial charge in [0.1, 0.15) is 17.3 Å². The van der Waals surface area contributed by atoms with Gasteiger partial charge >= 0.3 is 11.9 Å². The zero-order valence-electron chi connectivity index (χ0n) is 25.5. The van der Waals surface area contributed by atoms with Crippen LogP contribution in [0.1, 0.15) is 89.5 Å². The van der Waals surface area contributed by atoms with Crippen molar-refractivity contribution in [2.45, 2.75) is 104 Å². The summed E-state index contributed by atoms with van der Waals surface area (Å²) in [5.74, 6) is -3.06. The molecule has 1 aromatic heterocycles. The second-order valence-corrected chi connectivity index (χ2v) is 13.1. The molecule has 8 atom stereocenters. The summed E-state index contributed by atoms with van der Waals surface area (Å²) >= 11 is 0. The van der Waals surface area contributed by atoms with Crippen LogP contribution in [-0.4, -0.2) is 68.2 Å². The molecule has 3 N–H and O–H groups in total.